The fraction of sp³-hybridized carbons (Fsp3) is 0.536. The van der Waals surface area contributed by atoms with Crippen molar-refractivity contribution in [3.05, 3.63) is 64.7 Å². The van der Waals surface area contributed by atoms with Crippen molar-refractivity contribution in [2.75, 3.05) is 26.8 Å². The maximum absolute atomic E-state index is 12.8. The zero-order valence-corrected chi connectivity index (χ0v) is 20.3. The van der Waals surface area contributed by atoms with Gasteiger partial charge in [0.25, 0.3) is 5.91 Å². The lowest BCUT2D eigenvalue weighted by atomic mass is 9.87. The summed E-state index contributed by atoms with van der Waals surface area (Å²) in [6.45, 7) is 8.00. The Kier molecular flexibility index (Phi) is 8.05. The monoisotopic (exact) mass is 450 g/mol. The van der Waals surface area contributed by atoms with Crippen LogP contribution in [-0.2, 0) is 24.1 Å². The predicted octanol–water partition coefficient (Wildman–Crippen LogP) is 4.62. The largest absolute Gasteiger partial charge is 0.491 e. The molecule has 1 heterocycles. The Morgan fingerprint density at radius 3 is 2.70 bits per heavy atom. The third kappa shape index (κ3) is 6.81. The number of benzene rings is 2. The Labute approximate surface area is 198 Å². The van der Waals surface area contributed by atoms with E-state index < -0.39 is 0 Å². The molecule has 33 heavy (non-hydrogen) atoms. The van der Waals surface area contributed by atoms with Crippen molar-refractivity contribution >= 4 is 5.91 Å². The average Bonchev–Trinajstić information content (AvgIpc) is 3.31. The molecular weight excluding hydrogens is 412 g/mol. The van der Waals surface area contributed by atoms with Gasteiger partial charge >= 0.3 is 0 Å². The number of aryl methyl sites for hydroxylation is 1. The molecule has 1 N–H and O–H groups in total. The Hall–Kier alpha value is -2.37. The SMILES string of the molecule is CC(C)CN(C)Cc1ccc2c(c1)CCC(NC(=O)c1ccc(OCC3CCCO3)cc1)C2. The molecule has 2 unspecified atom stereocenters. The van der Waals surface area contributed by atoms with Crippen LogP contribution in [0.5, 0.6) is 5.75 Å². The molecule has 0 spiro atoms. The van der Waals surface area contributed by atoms with Gasteiger partial charge in [0.2, 0.25) is 0 Å². The van der Waals surface area contributed by atoms with Crippen molar-refractivity contribution in [2.45, 2.75) is 64.6 Å². The van der Waals surface area contributed by atoms with Crippen LogP contribution in [0.15, 0.2) is 42.5 Å². The molecule has 4 rings (SSSR count). The van der Waals surface area contributed by atoms with Gasteiger partial charge in [-0.15, -0.1) is 0 Å². The average molecular weight is 451 g/mol. The van der Waals surface area contributed by atoms with Crippen LogP contribution in [-0.4, -0.2) is 49.8 Å². The molecule has 1 aliphatic carbocycles. The number of nitrogens with zero attached hydrogens (tertiary/aromatic N) is 1. The van der Waals surface area contributed by atoms with Crippen molar-refractivity contribution in [1.82, 2.24) is 10.2 Å². The Balaban J connectivity index is 1.27. The first-order valence-electron chi connectivity index (χ1n) is 12.4. The van der Waals surface area contributed by atoms with Gasteiger partial charge in [0.05, 0.1) is 6.10 Å². The van der Waals surface area contributed by atoms with E-state index in [9.17, 15) is 4.79 Å². The number of ether oxygens (including phenoxy) is 2. The number of carbonyl (C=O) groups excluding carboxylic acids is 1. The molecule has 2 atom stereocenters. The summed E-state index contributed by atoms with van der Waals surface area (Å²) >= 11 is 0. The van der Waals surface area contributed by atoms with Crippen molar-refractivity contribution < 1.29 is 14.3 Å². The molecule has 2 aliphatic rings. The van der Waals surface area contributed by atoms with E-state index >= 15 is 0 Å². The topological polar surface area (TPSA) is 50.8 Å². The molecule has 1 saturated heterocycles. The maximum atomic E-state index is 12.8. The van der Waals surface area contributed by atoms with Gasteiger partial charge in [-0.25, -0.2) is 0 Å². The van der Waals surface area contributed by atoms with Gasteiger partial charge in [0.15, 0.2) is 0 Å². The highest BCUT2D eigenvalue weighted by molar-refractivity contribution is 5.94. The predicted molar refractivity (Wildman–Crippen MR) is 132 cm³/mol. The van der Waals surface area contributed by atoms with Gasteiger partial charge in [-0.1, -0.05) is 32.0 Å². The number of carbonyl (C=O) groups is 1. The fourth-order valence-electron chi connectivity index (χ4n) is 4.97. The summed E-state index contributed by atoms with van der Waals surface area (Å²) in [6, 6.07) is 14.5. The molecule has 0 radical (unpaired) electrons. The van der Waals surface area contributed by atoms with E-state index in [-0.39, 0.29) is 18.1 Å². The highest BCUT2D eigenvalue weighted by atomic mass is 16.5. The molecule has 1 amide bonds. The number of hydrogen-bond donors (Lipinski definition) is 1. The van der Waals surface area contributed by atoms with Crippen molar-refractivity contribution in [1.29, 1.82) is 0 Å². The molecule has 5 nitrogen and oxygen atoms in total. The van der Waals surface area contributed by atoms with Crippen LogP contribution in [0.25, 0.3) is 0 Å². The molecule has 1 aliphatic heterocycles. The fourth-order valence-corrected chi connectivity index (χ4v) is 4.97. The normalized spacial score (nSPS) is 20.2. The van der Waals surface area contributed by atoms with Gasteiger partial charge in [0.1, 0.15) is 12.4 Å². The van der Waals surface area contributed by atoms with E-state index in [0.717, 1.165) is 57.6 Å². The zero-order valence-electron chi connectivity index (χ0n) is 20.3. The van der Waals surface area contributed by atoms with E-state index in [1.54, 1.807) is 0 Å². The number of hydrogen-bond acceptors (Lipinski definition) is 4. The lowest BCUT2D eigenvalue weighted by Gasteiger charge is -2.27. The summed E-state index contributed by atoms with van der Waals surface area (Å²) in [7, 11) is 2.19. The molecule has 2 aromatic rings. The Bertz CT molecular complexity index is 919. The molecule has 0 bridgehead atoms. The van der Waals surface area contributed by atoms with E-state index in [4.69, 9.17) is 9.47 Å². The highest BCUT2D eigenvalue weighted by Crippen LogP contribution is 2.24. The summed E-state index contributed by atoms with van der Waals surface area (Å²) in [5.41, 5.74) is 4.85. The number of nitrogens with one attached hydrogen (secondary N) is 1. The lowest BCUT2D eigenvalue weighted by Crippen LogP contribution is -2.38. The zero-order chi connectivity index (χ0) is 23.2. The van der Waals surface area contributed by atoms with Crippen LogP contribution in [0.3, 0.4) is 0 Å². The number of fused-ring (bicyclic) bond motifs is 1. The van der Waals surface area contributed by atoms with Crippen LogP contribution in [0.2, 0.25) is 0 Å². The second-order valence-corrected chi connectivity index (χ2v) is 10.1. The highest BCUT2D eigenvalue weighted by Gasteiger charge is 2.21. The summed E-state index contributed by atoms with van der Waals surface area (Å²) < 4.78 is 11.4. The van der Waals surface area contributed by atoms with Crippen LogP contribution in [0.4, 0.5) is 0 Å². The minimum Gasteiger partial charge on any atom is -0.491 e. The molecule has 0 saturated carbocycles. The minimum atomic E-state index is -0.0129. The lowest BCUT2D eigenvalue weighted by molar-refractivity contribution is 0.0679. The molecule has 0 aromatic heterocycles. The first kappa shape index (κ1) is 23.8. The molecular formula is C28H38N2O3. The van der Waals surface area contributed by atoms with Crippen LogP contribution in [0, 0.1) is 5.92 Å². The van der Waals surface area contributed by atoms with Crippen molar-refractivity contribution in [3.63, 3.8) is 0 Å². The van der Waals surface area contributed by atoms with E-state index in [0.29, 0.717) is 18.1 Å². The maximum Gasteiger partial charge on any atom is 0.251 e. The van der Waals surface area contributed by atoms with Gasteiger partial charge < -0.3 is 19.7 Å². The standard InChI is InChI=1S/C28H38N2O3/c1-20(2)17-30(3)18-21-6-7-24-16-25(11-8-23(24)15-21)29-28(31)22-9-12-26(13-10-22)33-19-27-5-4-14-32-27/h6-7,9-10,12-13,15,20,25,27H,4-5,8,11,14,16-19H2,1-3H3,(H,29,31). The molecule has 178 valence electrons. The quantitative estimate of drug-likeness (QED) is 0.606. The van der Waals surface area contributed by atoms with Gasteiger partial charge in [-0.05, 0) is 86.0 Å². The van der Waals surface area contributed by atoms with Crippen LogP contribution < -0.4 is 10.1 Å². The molecule has 1 fully saturated rings. The minimum absolute atomic E-state index is 0.0129. The van der Waals surface area contributed by atoms with Gasteiger partial charge in [-0.2, -0.15) is 0 Å². The van der Waals surface area contributed by atoms with Gasteiger partial charge in [-0.3, -0.25) is 4.79 Å². The summed E-state index contributed by atoms with van der Waals surface area (Å²) in [6.07, 6.45) is 5.24. The number of rotatable bonds is 9. The summed E-state index contributed by atoms with van der Waals surface area (Å²) in [5, 5.41) is 3.23. The van der Waals surface area contributed by atoms with Gasteiger partial charge in [0, 0.05) is 31.3 Å². The molecule has 2 aromatic carbocycles. The van der Waals surface area contributed by atoms with Crippen LogP contribution >= 0.6 is 0 Å². The number of amides is 1. The first-order valence-corrected chi connectivity index (χ1v) is 12.4. The van der Waals surface area contributed by atoms with E-state index in [2.05, 4.69) is 49.3 Å². The van der Waals surface area contributed by atoms with Crippen LogP contribution in [0.1, 0.15) is 60.2 Å². The Morgan fingerprint density at radius 2 is 1.97 bits per heavy atom. The van der Waals surface area contributed by atoms with Crippen molar-refractivity contribution in [2.24, 2.45) is 5.92 Å². The Morgan fingerprint density at radius 1 is 1.15 bits per heavy atom. The second-order valence-electron chi connectivity index (χ2n) is 10.1. The second kappa shape index (κ2) is 11.2. The summed E-state index contributed by atoms with van der Waals surface area (Å²) in [5.74, 6) is 1.44. The first-order chi connectivity index (χ1) is 16.0. The van der Waals surface area contributed by atoms with E-state index in [1.807, 2.05) is 24.3 Å². The van der Waals surface area contributed by atoms with Crippen molar-refractivity contribution in [3.8, 4) is 5.75 Å². The van der Waals surface area contributed by atoms with E-state index in [1.165, 1.54) is 16.7 Å². The third-order valence-electron chi connectivity index (χ3n) is 6.54. The smallest absolute Gasteiger partial charge is 0.251 e. The molecule has 5 heteroatoms. The summed E-state index contributed by atoms with van der Waals surface area (Å²) in [4.78, 5) is 15.2. The third-order valence-corrected chi connectivity index (χ3v) is 6.54.